The molecule has 0 saturated carbocycles. The van der Waals surface area contributed by atoms with Crippen LogP contribution in [-0.2, 0) is 10.0 Å². The molecule has 2 rings (SSSR count). The Bertz CT molecular complexity index is 782. The second kappa shape index (κ2) is 13.8. The van der Waals surface area contributed by atoms with Crippen molar-refractivity contribution in [3.8, 4) is 0 Å². The number of unbranched alkanes of at least 4 members (excludes halogenated alkanes) is 7. The Labute approximate surface area is 201 Å². The van der Waals surface area contributed by atoms with Crippen LogP contribution in [-0.4, -0.2) is 58.9 Å². The first-order valence-electron chi connectivity index (χ1n) is 12.8. The maximum Gasteiger partial charge on any atom is 0.243 e. The summed E-state index contributed by atoms with van der Waals surface area (Å²) in [6.07, 6.45) is 10.3. The number of aliphatic hydroxyl groups excluding tert-OH is 3. The fraction of sp³-hybridized carbons (Fsp3) is 0.769. The van der Waals surface area contributed by atoms with Crippen LogP contribution in [0.15, 0.2) is 29.2 Å². The van der Waals surface area contributed by atoms with E-state index in [0.717, 1.165) is 56.9 Å². The van der Waals surface area contributed by atoms with E-state index < -0.39 is 28.2 Å². The molecule has 1 saturated heterocycles. The van der Waals surface area contributed by atoms with Crippen molar-refractivity contribution in [3.63, 3.8) is 0 Å². The summed E-state index contributed by atoms with van der Waals surface area (Å²) in [7, 11) is -3.74. The second-order valence-electron chi connectivity index (χ2n) is 9.81. The van der Waals surface area contributed by atoms with Crippen molar-refractivity contribution in [2.24, 2.45) is 5.92 Å². The van der Waals surface area contributed by atoms with Gasteiger partial charge in [0.15, 0.2) is 0 Å². The lowest BCUT2D eigenvalue weighted by molar-refractivity contribution is -0.0880. The van der Waals surface area contributed by atoms with Crippen molar-refractivity contribution < 1.29 is 23.7 Å². The van der Waals surface area contributed by atoms with Crippen molar-refractivity contribution in [2.45, 2.75) is 121 Å². The van der Waals surface area contributed by atoms with E-state index in [-0.39, 0.29) is 17.6 Å². The zero-order chi connectivity index (χ0) is 24.4. The molecule has 7 heteroatoms. The molecule has 1 aliphatic rings. The molecule has 0 aliphatic carbocycles. The van der Waals surface area contributed by atoms with E-state index in [0.29, 0.717) is 12.3 Å². The van der Waals surface area contributed by atoms with Crippen LogP contribution in [0, 0.1) is 12.8 Å². The molecule has 0 unspecified atom stereocenters. The van der Waals surface area contributed by atoms with Gasteiger partial charge in [-0.15, -0.1) is 0 Å². The minimum Gasteiger partial charge on any atom is -0.395 e. The van der Waals surface area contributed by atoms with Crippen LogP contribution < -0.4 is 0 Å². The minimum absolute atomic E-state index is 0.170. The second-order valence-corrected chi connectivity index (χ2v) is 11.7. The highest BCUT2D eigenvalue weighted by atomic mass is 32.2. The third-order valence-corrected chi connectivity index (χ3v) is 9.24. The SMILES string of the molecule is CC[C@H](C)[C@@H](O)CCCCCCCCCC[C@H]1[C@@H](O)[C@@H](CO)N1S(=O)(=O)c1ccc(C)cc1. The third kappa shape index (κ3) is 7.76. The smallest absolute Gasteiger partial charge is 0.243 e. The first-order valence-corrected chi connectivity index (χ1v) is 14.2. The molecule has 190 valence electrons. The van der Waals surface area contributed by atoms with E-state index in [1.54, 1.807) is 24.3 Å². The van der Waals surface area contributed by atoms with Crippen molar-refractivity contribution in [3.05, 3.63) is 29.8 Å². The van der Waals surface area contributed by atoms with Gasteiger partial charge in [-0.2, -0.15) is 4.31 Å². The predicted octanol–water partition coefficient (Wildman–Crippen LogP) is 4.40. The van der Waals surface area contributed by atoms with Crippen LogP contribution in [0.4, 0.5) is 0 Å². The summed E-state index contributed by atoms with van der Waals surface area (Å²) in [6.45, 7) is 5.75. The highest BCUT2D eigenvalue weighted by molar-refractivity contribution is 7.89. The molecule has 1 aromatic carbocycles. The van der Waals surface area contributed by atoms with Crippen molar-refractivity contribution in [1.82, 2.24) is 4.31 Å². The zero-order valence-corrected chi connectivity index (χ0v) is 21.5. The molecule has 0 aromatic heterocycles. The first-order chi connectivity index (χ1) is 15.7. The molecule has 3 N–H and O–H groups in total. The summed E-state index contributed by atoms with van der Waals surface area (Å²) < 4.78 is 27.5. The topological polar surface area (TPSA) is 98.1 Å². The van der Waals surface area contributed by atoms with Gasteiger partial charge >= 0.3 is 0 Å². The summed E-state index contributed by atoms with van der Waals surface area (Å²) in [5.41, 5.74) is 0.983. The zero-order valence-electron chi connectivity index (χ0n) is 20.7. The number of nitrogens with zero attached hydrogens (tertiary/aromatic N) is 1. The van der Waals surface area contributed by atoms with Gasteiger partial charge in [-0.05, 0) is 37.8 Å². The van der Waals surface area contributed by atoms with E-state index in [1.807, 2.05) is 6.92 Å². The van der Waals surface area contributed by atoms with Crippen molar-refractivity contribution in [1.29, 1.82) is 0 Å². The van der Waals surface area contributed by atoms with Gasteiger partial charge in [0.2, 0.25) is 10.0 Å². The molecule has 0 bridgehead atoms. The van der Waals surface area contributed by atoms with Crippen LogP contribution in [0.25, 0.3) is 0 Å². The summed E-state index contributed by atoms with van der Waals surface area (Å²) in [5.74, 6) is 0.384. The Morgan fingerprint density at radius 1 is 0.939 bits per heavy atom. The molecule has 0 spiro atoms. The van der Waals surface area contributed by atoms with Gasteiger partial charge < -0.3 is 15.3 Å². The summed E-state index contributed by atoms with van der Waals surface area (Å²) in [5, 5.41) is 30.0. The summed E-state index contributed by atoms with van der Waals surface area (Å²) in [4.78, 5) is 0.208. The van der Waals surface area contributed by atoms with Crippen LogP contribution in [0.2, 0.25) is 0 Å². The number of rotatable bonds is 16. The standard InChI is InChI=1S/C26H45NO5S/c1-4-21(3)25(29)14-12-10-8-6-5-7-9-11-13-23-26(30)24(19-28)27(23)33(31,32)22-17-15-20(2)16-18-22/h15-18,21,23-26,28-30H,4-14,19H2,1-3H3/t21-,23-,24+,25-,26+/m0/s1. The van der Waals surface area contributed by atoms with Crippen LogP contribution >= 0.6 is 0 Å². The normalized spacial score (nSPS) is 23.3. The number of hydrogen-bond donors (Lipinski definition) is 3. The first kappa shape index (κ1) is 28.2. The van der Waals surface area contributed by atoms with Gasteiger partial charge in [-0.25, -0.2) is 8.42 Å². The average molecular weight is 484 g/mol. The van der Waals surface area contributed by atoms with Gasteiger partial charge in [0, 0.05) is 0 Å². The Hall–Kier alpha value is -0.990. The Morgan fingerprint density at radius 2 is 1.48 bits per heavy atom. The summed E-state index contributed by atoms with van der Waals surface area (Å²) in [6, 6.07) is 5.48. The molecular weight excluding hydrogens is 438 g/mol. The molecule has 0 radical (unpaired) electrons. The minimum atomic E-state index is -3.74. The molecule has 33 heavy (non-hydrogen) atoms. The molecular formula is C26H45NO5S. The van der Waals surface area contributed by atoms with Crippen molar-refractivity contribution in [2.75, 3.05) is 6.61 Å². The van der Waals surface area contributed by atoms with Gasteiger partial charge in [0.25, 0.3) is 0 Å². The molecule has 1 aromatic rings. The number of aliphatic hydroxyl groups is 3. The number of benzene rings is 1. The van der Waals surface area contributed by atoms with Gasteiger partial charge in [-0.1, -0.05) is 89.3 Å². The molecule has 0 amide bonds. The van der Waals surface area contributed by atoms with E-state index >= 15 is 0 Å². The summed E-state index contributed by atoms with van der Waals surface area (Å²) >= 11 is 0. The number of sulfonamides is 1. The van der Waals surface area contributed by atoms with E-state index in [1.165, 1.54) is 17.1 Å². The number of hydrogen-bond acceptors (Lipinski definition) is 5. The van der Waals surface area contributed by atoms with Gasteiger partial charge in [-0.3, -0.25) is 0 Å². The van der Waals surface area contributed by atoms with E-state index in [2.05, 4.69) is 13.8 Å². The lowest BCUT2D eigenvalue weighted by Gasteiger charge is -2.50. The van der Waals surface area contributed by atoms with Crippen molar-refractivity contribution >= 4 is 10.0 Å². The Balaban J connectivity index is 1.68. The molecule has 5 atom stereocenters. The van der Waals surface area contributed by atoms with Gasteiger partial charge in [0.05, 0.1) is 35.8 Å². The lowest BCUT2D eigenvalue weighted by Crippen LogP contribution is -2.70. The fourth-order valence-electron chi connectivity index (χ4n) is 4.70. The van der Waals surface area contributed by atoms with Crippen LogP contribution in [0.3, 0.4) is 0 Å². The quantitative estimate of drug-likeness (QED) is 0.303. The average Bonchev–Trinajstić information content (AvgIpc) is 2.80. The fourth-order valence-corrected chi connectivity index (χ4v) is 6.56. The number of aryl methyl sites for hydroxylation is 1. The Kier molecular flexibility index (Phi) is 11.8. The predicted molar refractivity (Wildman–Crippen MR) is 133 cm³/mol. The van der Waals surface area contributed by atoms with E-state index in [9.17, 15) is 23.7 Å². The molecule has 1 fully saturated rings. The maximum absolute atomic E-state index is 13.1. The molecule has 6 nitrogen and oxygen atoms in total. The maximum atomic E-state index is 13.1. The lowest BCUT2D eigenvalue weighted by atomic mass is 9.89. The monoisotopic (exact) mass is 483 g/mol. The molecule has 1 aliphatic heterocycles. The van der Waals surface area contributed by atoms with E-state index in [4.69, 9.17) is 0 Å². The van der Waals surface area contributed by atoms with Crippen LogP contribution in [0.5, 0.6) is 0 Å². The Morgan fingerprint density at radius 3 is 2.03 bits per heavy atom. The highest BCUT2D eigenvalue weighted by Gasteiger charge is 2.53. The van der Waals surface area contributed by atoms with Crippen LogP contribution in [0.1, 0.15) is 90.0 Å². The molecule has 1 heterocycles. The largest absolute Gasteiger partial charge is 0.395 e. The third-order valence-electron chi connectivity index (χ3n) is 7.28. The highest BCUT2D eigenvalue weighted by Crippen LogP contribution is 2.36. The van der Waals surface area contributed by atoms with Gasteiger partial charge in [0.1, 0.15) is 0 Å².